The van der Waals surface area contributed by atoms with Gasteiger partial charge in [-0.1, -0.05) is 23.8 Å². The maximum Gasteiger partial charge on any atom is 0.272 e. The second kappa shape index (κ2) is 6.90. The van der Waals surface area contributed by atoms with Gasteiger partial charge in [0.05, 0.1) is 0 Å². The van der Waals surface area contributed by atoms with Crippen molar-refractivity contribution in [1.29, 1.82) is 0 Å². The zero-order chi connectivity index (χ0) is 18.1. The smallest absolute Gasteiger partial charge is 0.272 e. The number of fused-ring (bicyclic) bond motifs is 4. The molecule has 4 heterocycles. The first-order valence-electron chi connectivity index (χ1n) is 9.20. The number of piperidine rings is 1. The average Bonchev–Trinajstić information content (AvgIpc) is 2.99. The fourth-order valence-corrected chi connectivity index (χ4v) is 4.09. The first-order valence-corrected chi connectivity index (χ1v) is 9.20. The number of aromatic nitrogens is 1. The van der Waals surface area contributed by atoms with Crippen LogP contribution in [0.3, 0.4) is 0 Å². The number of pyridine rings is 1. The summed E-state index contributed by atoms with van der Waals surface area (Å²) in [5, 5.41) is 0. The molecule has 0 spiro atoms. The SMILES string of the molecule is Cc1cccc(C(=O)N2C[C@H]3CC[C@@H]2CN(C(=O)c2ccccn2)C3)c1. The maximum atomic E-state index is 13.1. The molecule has 2 atom stereocenters. The Labute approximate surface area is 153 Å². The van der Waals surface area contributed by atoms with Crippen LogP contribution in [0.25, 0.3) is 0 Å². The minimum absolute atomic E-state index is 0.0349. The molecule has 1 aromatic heterocycles. The van der Waals surface area contributed by atoms with Gasteiger partial charge >= 0.3 is 0 Å². The van der Waals surface area contributed by atoms with Crippen LogP contribution in [-0.4, -0.2) is 52.3 Å². The Balaban J connectivity index is 1.55. The average molecular weight is 349 g/mol. The number of amides is 2. The molecule has 5 heteroatoms. The quantitative estimate of drug-likeness (QED) is 0.838. The molecule has 5 rings (SSSR count). The molecular formula is C21H23N3O2. The summed E-state index contributed by atoms with van der Waals surface area (Å²) in [6.45, 7) is 4.01. The predicted octanol–water partition coefficient (Wildman–Crippen LogP) is 2.77. The Morgan fingerprint density at radius 1 is 1.00 bits per heavy atom. The van der Waals surface area contributed by atoms with E-state index in [1.807, 2.05) is 53.1 Å². The number of aryl methyl sites for hydroxylation is 1. The number of nitrogens with zero attached hydrogens (tertiary/aromatic N) is 3. The highest BCUT2D eigenvalue weighted by atomic mass is 16.2. The zero-order valence-corrected chi connectivity index (χ0v) is 15.0. The molecule has 2 bridgehead atoms. The van der Waals surface area contributed by atoms with E-state index in [-0.39, 0.29) is 17.9 Å². The molecule has 3 aliphatic heterocycles. The van der Waals surface area contributed by atoms with Gasteiger partial charge in [0.25, 0.3) is 11.8 Å². The standard InChI is InChI=1S/C21H23N3O2/c1-15-5-4-6-17(11-15)20(25)24-13-16-8-9-18(24)14-23(12-16)21(26)19-7-2-3-10-22-19/h2-7,10-11,16,18H,8-9,12-14H2,1H3/t16-,18+/m0/s1. The van der Waals surface area contributed by atoms with Gasteiger partial charge in [-0.25, -0.2) is 0 Å². The van der Waals surface area contributed by atoms with Crippen LogP contribution in [0.4, 0.5) is 0 Å². The highest BCUT2D eigenvalue weighted by Crippen LogP contribution is 2.30. The van der Waals surface area contributed by atoms with Crippen molar-refractivity contribution in [2.45, 2.75) is 25.8 Å². The van der Waals surface area contributed by atoms with E-state index in [9.17, 15) is 9.59 Å². The zero-order valence-electron chi connectivity index (χ0n) is 15.0. The van der Waals surface area contributed by atoms with Gasteiger partial charge in [0.2, 0.25) is 0 Å². The summed E-state index contributed by atoms with van der Waals surface area (Å²) in [5.74, 6) is 0.373. The van der Waals surface area contributed by atoms with E-state index in [1.54, 1.807) is 12.3 Å². The van der Waals surface area contributed by atoms with Gasteiger partial charge in [-0.15, -0.1) is 0 Å². The molecule has 3 saturated heterocycles. The fourth-order valence-electron chi connectivity index (χ4n) is 4.09. The summed E-state index contributed by atoms with van der Waals surface area (Å²) >= 11 is 0. The molecule has 26 heavy (non-hydrogen) atoms. The van der Waals surface area contributed by atoms with Crippen LogP contribution in [0, 0.1) is 12.8 Å². The third-order valence-corrected chi connectivity index (χ3v) is 5.41. The van der Waals surface area contributed by atoms with E-state index in [2.05, 4.69) is 4.98 Å². The van der Waals surface area contributed by atoms with Crippen LogP contribution in [0.15, 0.2) is 48.7 Å². The molecule has 0 aliphatic carbocycles. The lowest BCUT2D eigenvalue weighted by atomic mass is 9.94. The van der Waals surface area contributed by atoms with Crippen molar-refractivity contribution >= 4 is 11.8 Å². The minimum Gasteiger partial charge on any atom is -0.335 e. The Morgan fingerprint density at radius 2 is 1.88 bits per heavy atom. The van der Waals surface area contributed by atoms with Gasteiger partial charge in [-0.2, -0.15) is 0 Å². The Morgan fingerprint density at radius 3 is 2.65 bits per heavy atom. The Kier molecular flexibility index (Phi) is 4.45. The summed E-state index contributed by atoms with van der Waals surface area (Å²) in [6.07, 6.45) is 3.66. The van der Waals surface area contributed by atoms with Crippen LogP contribution >= 0.6 is 0 Å². The van der Waals surface area contributed by atoms with Crippen molar-refractivity contribution in [3.63, 3.8) is 0 Å². The third-order valence-electron chi connectivity index (χ3n) is 5.41. The molecule has 0 unspecified atom stereocenters. The molecule has 3 fully saturated rings. The van der Waals surface area contributed by atoms with Gasteiger partial charge < -0.3 is 9.80 Å². The van der Waals surface area contributed by atoms with Crippen molar-refractivity contribution in [1.82, 2.24) is 14.8 Å². The largest absolute Gasteiger partial charge is 0.335 e. The molecule has 134 valence electrons. The molecular weight excluding hydrogens is 326 g/mol. The summed E-state index contributed by atoms with van der Waals surface area (Å²) < 4.78 is 0. The molecule has 2 amide bonds. The van der Waals surface area contributed by atoms with Gasteiger partial charge in [-0.05, 0) is 49.9 Å². The topological polar surface area (TPSA) is 53.5 Å². The highest BCUT2D eigenvalue weighted by Gasteiger charge is 2.39. The second-order valence-electron chi connectivity index (χ2n) is 7.35. The summed E-state index contributed by atoms with van der Waals surface area (Å²) in [6, 6.07) is 13.2. The number of carbonyl (C=O) groups is 2. The molecule has 1 aromatic carbocycles. The van der Waals surface area contributed by atoms with E-state index < -0.39 is 0 Å². The molecule has 0 N–H and O–H groups in total. The lowest BCUT2D eigenvalue weighted by Crippen LogP contribution is -2.47. The van der Waals surface area contributed by atoms with Gasteiger partial charge in [-0.3, -0.25) is 14.6 Å². The van der Waals surface area contributed by atoms with Crippen LogP contribution < -0.4 is 0 Å². The Hall–Kier alpha value is -2.69. The van der Waals surface area contributed by atoms with Gasteiger partial charge in [0.1, 0.15) is 5.69 Å². The molecule has 0 radical (unpaired) electrons. The highest BCUT2D eigenvalue weighted by molar-refractivity contribution is 5.95. The van der Waals surface area contributed by atoms with Crippen molar-refractivity contribution in [2.75, 3.05) is 19.6 Å². The number of rotatable bonds is 2. The second-order valence-corrected chi connectivity index (χ2v) is 7.35. The van der Waals surface area contributed by atoms with Gasteiger partial charge in [0.15, 0.2) is 0 Å². The van der Waals surface area contributed by atoms with E-state index in [0.29, 0.717) is 24.7 Å². The number of hydrogen-bond acceptors (Lipinski definition) is 3. The number of hydrogen-bond donors (Lipinski definition) is 0. The van der Waals surface area contributed by atoms with E-state index in [1.165, 1.54) is 0 Å². The minimum atomic E-state index is -0.0349. The van der Waals surface area contributed by atoms with Crippen LogP contribution in [0.1, 0.15) is 39.3 Å². The van der Waals surface area contributed by atoms with Crippen LogP contribution in [0.5, 0.6) is 0 Å². The summed E-state index contributed by atoms with van der Waals surface area (Å²) in [7, 11) is 0. The summed E-state index contributed by atoms with van der Waals surface area (Å²) in [4.78, 5) is 33.9. The van der Waals surface area contributed by atoms with E-state index >= 15 is 0 Å². The Bertz CT molecular complexity index is 821. The lowest BCUT2D eigenvalue weighted by Gasteiger charge is -2.36. The van der Waals surface area contributed by atoms with Crippen LogP contribution in [-0.2, 0) is 0 Å². The fraction of sp³-hybridized carbons (Fsp3) is 0.381. The molecule has 2 aromatic rings. The monoisotopic (exact) mass is 349 g/mol. The van der Waals surface area contributed by atoms with Crippen molar-refractivity contribution in [3.05, 3.63) is 65.5 Å². The van der Waals surface area contributed by atoms with E-state index in [4.69, 9.17) is 0 Å². The van der Waals surface area contributed by atoms with Crippen molar-refractivity contribution in [2.24, 2.45) is 5.92 Å². The third kappa shape index (κ3) is 3.21. The number of benzene rings is 1. The molecule has 5 nitrogen and oxygen atoms in total. The van der Waals surface area contributed by atoms with Gasteiger partial charge in [0, 0.05) is 37.4 Å². The molecule has 3 aliphatic rings. The normalized spacial score (nSPS) is 22.2. The summed E-state index contributed by atoms with van der Waals surface area (Å²) in [5.41, 5.74) is 2.30. The van der Waals surface area contributed by atoms with Crippen molar-refractivity contribution in [3.8, 4) is 0 Å². The predicted molar refractivity (Wildman–Crippen MR) is 98.9 cm³/mol. The molecule has 0 saturated carbocycles. The van der Waals surface area contributed by atoms with E-state index in [0.717, 1.165) is 30.5 Å². The first kappa shape index (κ1) is 16.8. The first-order chi connectivity index (χ1) is 12.6. The number of carbonyl (C=O) groups excluding carboxylic acids is 2. The van der Waals surface area contributed by atoms with Crippen LogP contribution in [0.2, 0.25) is 0 Å². The lowest BCUT2D eigenvalue weighted by molar-refractivity contribution is 0.0574. The van der Waals surface area contributed by atoms with Crippen molar-refractivity contribution < 1.29 is 9.59 Å². The maximum absolute atomic E-state index is 13.1.